The molecule has 3 aromatic heterocycles. The third-order valence-electron chi connectivity index (χ3n) is 12.8. The fourth-order valence-corrected chi connectivity index (χ4v) is 13.9. The zero-order chi connectivity index (χ0) is 38.5. The summed E-state index contributed by atoms with van der Waals surface area (Å²) in [5, 5.41) is 21.6. The molecule has 0 saturated heterocycles. The van der Waals surface area contributed by atoms with Crippen molar-refractivity contribution in [2.24, 2.45) is 0 Å². The molecular formula is C54H54S3. The molecule has 3 heteroatoms. The van der Waals surface area contributed by atoms with E-state index in [0.29, 0.717) is 0 Å². The summed E-state index contributed by atoms with van der Waals surface area (Å²) in [5.74, 6) is 0. The number of fused-ring (bicyclic) bond motifs is 21. The van der Waals surface area contributed by atoms with Crippen LogP contribution in [0.25, 0.3) is 94.9 Å². The molecule has 10 rings (SSSR count). The van der Waals surface area contributed by atoms with Crippen LogP contribution in [0.2, 0.25) is 0 Å². The lowest BCUT2D eigenvalue weighted by Crippen LogP contribution is -1.90. The van der Waals surface area contributed by atoms with E-state index >= 15 is 0 Å². The van der Waals surface area contributed by atoms with Crippen LogP contribution in [0.1, 0.15) is 112 Å². The van der Waals surface area contributed by atoms with Crippen LogP contribution in [0, 0.1) is 0 Å². The molecule has 0 spiro atoms. The lowest BCUT2D eigenvalue weighted by Gasteiger charge is -2.19. The summed E-state index contributed by atoms with van der Waals surface area (Å²) in [4.78, 5) is 4.62. The predicted octanol–water partition coefficient (Wildman–Crippen LogP) is 18.6. The van der Waals surface area contributed by atoms with Gasteiger partial charge < -0.3 is 0 Å². The average molecular weight is 799 g/mol. The highest BCUT2D eigenvalue weighted by Gasteiger charge is 2.26. The summed E-state index contributed by atoms with van der Waals surface area (Å²) >= 11 is 6.28. The van der Waals surface area contributed by atoms with E-state index in [4.69, 9.17) is 0 Å². The second-order valence-corrected chi connectivity index (χ2v) is 20.1. The molecule has 3 heterocycles. The molecule has 0 unspecified atom stereocenters. The van der Waals surface area contributed by atoms with Crippen LogP contribution in [0.5, 0.6) is 0 Å². The van der Waals surface area contributed by atoms with Crippen molar-refractivity contribution < 1.29 is 0 Å². The highest BCUT2D eigenvalue weighted by atomic mass is 32.1. The molecule has 0 aliphatic heterocycles. The van der Waals surface area contributed by atoms with E-state index in [1.807, 2.05) is 0 Å². The molecule has 0 fully saturated rings. The van der Waals surface area contributed by atoms with Crippen molar-refractivity contribution in [2.45, 2.75) is 117 Å². The lowest BCUT2D eigenvalue weighted by atomic mass is 9.84. The number of benzene rings is 7. The SMILES string of the molecule is CCCCCCc1cc2c3ccccc3c3c(c2s1)c1c2ccccc2c2cc(CCCCCC)sc2c1c1c2ccccc2c2cc(CCCCCC)sc2c31. The quantitative estimate of drug-likeness (QED) is 0.0716. The van der Waals surface area contributed by atoms with E-state index in [1.165, 1.54) is 206 Å². The smallest absolute Gasteiger partial charge is 0.0437 e. The Morgan fingerprint density at radius 1 is 0.298 bits per heavy atom. The van der Waals surface area contributed by atoms with Crippen molar-refractivity contribution in [3.63, 3.8) is 0 Å². The van der Waals surface area contributed by atoms with Gasteiger partial charge in [-0.15, -0.1) is 34.0 Å². The topological polar surface area (TPSA) is 0 Å². The second kappa shape index (κ2) is 16.0. The molecule has 10 aromatic rings. The summed E-state index contributed by atoms with van der Waals surface area (Å²) in [6, 6.07) is 36.0. The molecule has 288 valence electrons. The van der Waals surface area contributed by atoms with Gasteiger partial charge in [-0.25, -0.2) is 0 Å². The van der Waals surface area contributed by atoms with Crippen LogP contribution < -0.4 is 0 Å². The predicted molar refractivity (Wildman–Crippen MR) is 261 cm³/mol. The van der Waals surface area contributed by atoms with Crippen molar-refractivity contribution in [3.8, 4) is 0 Å². The molecule has 0 saturated carbocycles. The molecule has 0 radical (unpaired) electrons. The summed E-state index contributed by atoms with van der Waals surface area (Å²) in [7, 11) is 0. The van der Waals surface area contributed by atoms with Gasteiger partial charge in [-0.2, -0.15) is 0 Å². The highest BCUT2D eigenvalue weighted by molar-refractivity contribution is 7.22. The molecule has 7 aromatic carbocycles. The zero-order valence-corrected chi connectivity index (χ0v) is 36.4. The van der Waals surface area contributed by atoms with Gasteiger partial charge in [0.1, 0.15) is 0 Å². The first kappa shape index (κ1) is 37.3. The second-order valence-electron chi connectivity index (χ2n) is 16.7. The Morgan fingerprint density at radius 2 is 0.579 bits per heavy atom. The zero-order valence-electron chi connectivity index (χ0n) is 34.0. The Kier molecular flexibility index (Phi) is 10.4. The van der Waals surface area contributed by atoms with E-state index in [1.54, 1.807) is 0 Å². The largest absolute Gasteiger partial charge is 0.140 e. The Morgan fingerprint density at radius 3 is 0.860 bits per heavy atom. The van der Waals surface area contributed by atoms with Crippen molar-refractivity contribution in [1.29, 1.82) is 0 Å². The average Bonchev–Trinajstić information content (AvgIpc) is 4.00. The Bertz CT molecular complexity index is 2730. The minimum absolute atomic E-state index is 1.17. The molecule has 0 aliphatic rings. The normalized spacial score (nSPS) is 12.5. The molecule has 0 N–H and O–H groups in total. The van der Waals surface area contributed by atoms with Gasteiger partial charge in [-0.1, -0.05) is 151 Å². The number of unbranched alkanes of at least 4 members (excludes halogenated alkanes) is 9. The van der Waals surface area contributed by atoms with Crippen LogP contribution >= 0.6 is 34.0 Å². The van der Waals surface area contributed by atoms with Gasteiger partial charge in [0.15, 0.2) is 0 Å². The summed E-state index contributed by atoms with van der Waals surface area (Å²) < 4.78 is 4.46. The van der Waals surface area contributed by atoms with E-state index in [9.17, 15) is 0 Å². The fraction of sp³-hybridized carbons (Fsp3) is 0.333. The summed E-state index contributed by atoms with van der Waals surface area (Å²) in [6.45, 7) is 6.96. The van der Waals surface area contributed by atoms with Crippen LogP contribution in [-0.2, 0) is 19.3 Å². The molecule has 0 atom stereocenters. The Balaban J connectivity index is 1.43. The van der Waals surface area contributed by atoms with Gasteiger partial charge in [0.05, 0.1) is 0 Å². The summed E-state index contributed by atoms with van der Waals surface area (Å²) in [6.07, 6.45) is 19.0. The number of hydrogen-bond acceptors (Lipinski definition) is 3. The van der Waals surface area contributed by atoms with Crippen molar-refractivity contribution in [2.75, 3.05) is 0 Å². The minimum atomic E-state index is 1.17. The van der Waals surface area contributed by atoms with E-state index in [-0.39, 0.29) is 0 Å². The minimum Gasteiger partial charge on any atom is -0.140 e. The van der Waals surface area contributed by atoms with Crippen molar-refractivity contribution in [3.05, 3.63) is 106 Å². The first-order valence-corrected chi connectivity index (χ1v) is 24.6. The number of thiophene rings is 3. The van der Waals surface area contributed by atoms with E-state index < -0.39 is 0 Å². The van der Waals surface area contributed by atoms with Crippen LogP contribution in [0.4, 0.5) is 0 Å². The first-order chi connectivity index (χ1) is 28.2. The van der Waals surface area contributed by atoms with Gasteiger partial charge in [-0.3, -0.25) is 0 Å². The Hall–Kier alpha value is -4.02. The van der Waals surface area contributed by atoms with Crippen LogP contribution in [0.15, 0.2) is 91.0 Å². The standard InChI is InChI=1S/C54H54S3/c1-4-7-10-13-22-34-31-43-37-25-16-19-28-40(37)46-49(52(43)55-34)47-41-29-20-17-26-38(41)44-32-35(23-14-11-8-5-2)57-54(44)51(47)48-42-30-21-18-27-39(42)45-33-36(24-15-12-9-6-3)56-53(45)50(46)48/h16-21,25-33H,4-15,22-24H2,1-3H3. The molecule has 57 heavy (non-hydrogen) atoms. The van der Waals surface area contributed by atoms with Gasteiger partial charge in [0.2, 0.25) is 0 Å². The highest BCUT2D eigenvalue weighted by Crippen LogP contribution is 2.55. The summed E-state index contributed by atoms with van der Waals surface area (Å²) in [5.41, 5.74) is 0. The van der Waals surface area contributed by atoms with Gasteiger partial charge in [0.25, 0.3) is 0 Å². The number of hydrogen-bond donors (Lipinski definition) is 0. The van der Waals surface area contributed by atoms with E-state index in [0.717, 1.165) is 0 Å². The maximum absolute atomic E-state index is 2.58. The monoisotopic (exact) mass is 798 g/mol. The molecular weight excluding hydrogens is 745 g/mol. The molecule has 0 aliphatic carbocycles. The third-order valence-corrected chi connectivity index (χ3v) is 16.5. The maximum Gasteiger partial charge on any atom is 0.0437 e. The molecule has 0 bridgehead atoms. The third kappa shape index (κ3) is 6.35. The van der Waals surface area contributed by atoms with Gasteiger partial charge >= 0.3 is 0 Å². The molecule has 0 nitrogen and oxygen atoms in total. The molecule has 0 amide bonds. The van der Waals surface area contributed by atoms with Gasteiger partial charge in [0, 0.05) is 77.2 Å². The van der Waals surface area contributed by atoms with Gasteiger partial charge in [-0.05, 0) is 89.0 Å². The van der Waals surface area contributed by atoms with Crippen LogP contribution in [-0.4, -0.2) is 0 Å². The van der Waals surface area contributed by atoms with Crippen molar-refractivity contribution in [1.82, 2.24) is 0 Å². The number of aryl methyl sites for hydroxylation is 3. The first-order valence-electron chi connectivity index (χ1n) is 22.1. The van der Waals surface area contributed by atoms with Crippen LogP contribution in [0.3, 0.4) is 0 Å². The lowest BCUT2D eigenvalue weighted by molar-refractivity contribution is 0.670. The van der Waals surface area contributed by atoms with Crippen molar-refractivity contribution >= 4 is 129 Å². The Labute approximate surface area is 349 Å². The number of rotatable bonds is 15. The fourth-order valence-electron chi connectivity index (χ4n) is 10.1. The maximum atomic E-state index is 2.58. The van der Waals surface area contributed by atoms with E-state index in [2.05, 4.69) is 146 Å².